The quantitative estimate of drug-likeness (QED) is 0.697. The summed E-state index contributed by atoms with van der Waals surface area (Å²) in [6.07, 6.45) is 0.275. The molecule has 0 amide bonds. The van der Waals surface area contributed by atoms with Crippen molar-refractivity contribution in [3.05, 3.63) is 10.6 Å². The van der Waals surface area contributed by atoms with Gasteiger partial charge in [-0.1, -0.05) is 4.49 Å². The van der Waals surface area contributed by atoms with Crippen molar-refractivity contribution in [2.24, 2.45) is 0 Å². The summed E-state index contributed by atoms with van der Waals surface area (Å²) in [7, 11) is 0. The molecule has 0 saturated heterocycles. The van der Waals surface area contributed by atoms with Crippen LogP contribution >= 0.6 is 11.5 Å². The van der Waals surface area contributed by atoms with Crippen LogP contribution < -0.4 is 0 Å². The Bertz CT molecular complexity index is 222. The Labute approximate surface area is 70.6 Å². The zero-order valence-corrected chi connectivity index (χ0v) is 7.81. The molecule has 1 rings (SSSR count). The van der Waals surface area contributed by atoms with Crippen LogP contribution in [0.1, 0.15) is 24.4 Å². The molecule has 0 aromatic carbocycles. The van der Waals surface area contributed by atoms with E-state index in [0.717, 1.165) is 10.6 Å². The Kier molecular flexibility index (Phi) is 2.96. The molecule has 0 radical (unpaired) electrons. The average Bonchev–Trinajstić information content (AvgIpc) is 2.31. The summed E-state index contributed by atoms with van der Waals surface area (Å²) >= 11 is 1.41. The molecule has 0 fully saturated rings. The van der Waals surface area contributed by atoms with E-state index in [9.17, 15) is 0 Å². The topological polar surface area (TPSA) is 35.0 Å². The third-order valence-corrected chi connectivity index (χ3v) is 2.09. The van der Waals surface area contributed by atoms with Crippen LogP contribution in [0.25, 0.3) is 0 Å². The van der Waals surface area contributed by atoms with E-state index in [2.05, 4.69) is 9.59 Å². The second kappa shape index (κ2) is 3.78. The van der Waals surface area contributed by atoms with Gasteiger partial charge < -0.3 is 4.74 Å². The molecular weight excluding hydrogens is 160 g/mol. The molecule has 0 aliphatic carbocycles. The molecule has 4 heteroatoms. The van der Waals surface area contributed by atoms with Gasteiger partial charge in [-0.15, -0.1) is 5.10 Å². The summed E-state index contributed by atoms with van der Waals surface area (Å²) in [6.45, 7) is 6.62. The standard InChI is InChI=1S/C7H12N2OS/c1-5(2)10-4-7-6(3)8-9-11-7/h5H,4H2,1-3H3. The van der Waals surface area contributed by atoms with Gasteiger partial charge >= 0.3 is 0 Å². The molecule has 11 heavy (non-hydrogen) atoms. The first-order valence-electron chi connectivity index (χ1n) is 3.59. The molecule has 1 aromatic rings. The average molecular weight is 172 g/mol. The fourth-order valence-electron chi connectivity index (χ4n) is 0.626. The minimum Gasteiger partial charge on any atom is -0.373 e. The number of hydrogen-bond donors (Lipinski definition) is 0. The maximum absolute atomic E-state index is 5.40. The highest BCUT2D eigenvalue weighted by molar-refractivity contribution is 7.05. The lowest BCUT2D eigenvalue weighted by Gasteiger charge is -2.04. The molecule has 0 atom stereocenters. The minimum absolute atomic E-state index is 0.275. The highest BCUT2D eigenvalue weighted by atomic mass is 32.1. The number of aryl methyl sites for hydroxylation is 1. The molecule has 0 unspecified atom stereocenters. The Hall–Kier alpha value is -0.480. The fourth-order valence-corrected chi connectivity index (χ4v) is 1.18. The molecule has 0 bridgehead atoms. The Morgan fingerprint density at radius 2 is 2.27 bits per heavy atom. The molecule has 0 aliphatic rings. The zero-order valence-electron chi connectivity index (χ0n) is 7.00. The summed E-state index contributed by atoms with van der Waals surface area (Å²) in [5, 5.41) is 3.88. The highest BCUT2D eigenvalue weighted by Crippen LogP contribution is 2.10. The first-order valence-corrected chi connectivity index (χ1v) is 4.37. The van der Waals surface area contributed by atoms with Crippen molar-refractivity contribution in [1.82, 2.24) is 9.59 Å². The SMILES string of the molecule is Cc1nnsc1COC(C)C. The molecule has 0 spiro atoms. The molecular formula is C7H12N2OS. The van der Waals surface area contributed by atoms with Gasteiger partial charge in [0.15, 0.2) is 0 Å². The van der Waals surface area contributed by atoms with Crippen molar-refractivity contribution in [2.75, 3.05) is 0 Å². The van der Waals surface area contributed by atoms with Gasteiger partial charge in [-0.05, 0) is 32.3 Å². The van der Waals surface area contributed by atoms with Crippen molar-refractivity contribution in [3.63, 3.8) is 0 Å². The van der Waals surface area contributed by atoms with Crippen LogP contribution in [0.4, 0.5) is 0 Å². The van der Waals surface area contributed by atoms with Crippen LogP contribution in [-0.4, -0.2) is 15.7 Å². The Morgan fingerprint density at radius 1 is 1.55 bits per heavy atom. The van der Waals surface area contributed by atoms with Gasteiger partial charge in [0, 0.05) is 0 Å². The molecule has 0 aliphatic heterocycles. The van der Waals surface area contributed by atoms with E-state index in [4.69, 9.17) is 4.74 Å². The first kappa shape index (κ1) is 8.62. The molecule has 0 saturated carbocycles. The molecule has 3 nitrogen and oxygen atoms in total. The van der Waals surface area contributed by atoms with E-state index in [1.54, 1.807) is 0 Å². The van der Waals surface area contributed by atoms with Crippen molar-refractivity contribution >= 4 is 11.5 Å². The van der Waals surface area contributed by atoms with Crippen LogP contribution in [-0.2, 0) is 11.3 Å². The van der Waals surface area contributed by atoms with Crippen molar-refractivity contribution < 1.29 is 4.74 Å². The van der Waals surface area contributed by atoms with Gasteiger partial charge in [-0.2, -0.15) is 0 Å². The van der Waals surface area contributed by atoms with Crippen LogP contribution in [0.2, 0.25) is 0 Å². The van der Waals surface area contributed by atoms with Gasteiger partial charge in [-0.3, -0.25) is 0 Å². The monoisotopic (exact) mass is 172 g/mol. The van der Waals surface area contributed by atoms with E-state index in [1.807, 2.05) is 20.8 Å². The molecule has 1 heterocycles. The second-order valence-electron chi connectivity index (χ2n) is 2.64. The predicted molar refractivity (Wildman–Crippen MR) is 44.6 cm³/mol. The van der Waals surface area contributed by atoms with E-state index >= 15 is 0 Å². The van der Waals surface area contributed by atoms with Gasteiger partial charge in [-0.25, -0.2) is 0 Å². The second-order valence-corrected chi connectivity index (χ2v) is 3.48. The van der Waals surface area contributed by atoms with Crippen molar-refractivity contribution in [1.29, 1.82) is 0 Å². The summed E-state index contributed by atoms with van der Waals surface area (Å²) < 4.78 is 9.21. The van der Waals surface area contributed by atoms with Crippen LogP contribution in [0.3, 0.4) is 0 Å². The van der Waals surface area contributed by atoms with Crippen molar-refractivity contribution in [3.8, 4) is 0 Å². The molecule has 0 N–H and O–H groups in total. The van der Waals surface area contributed by atoms with Crippen LogP contribution in [0.5, 0.6) is 0 Å². The highest BCUT2D eigenvalue weighted by Gasteiger charge is 2.03. The molecule has 1 aromatic heterocycles. The predicted octanol–water partition coefficient (Wildman–Crippen LogP) is 1.77. The lowest BCUT2D eigenvalue weighted by molar-refractivity contribution is 0.0671. The minimum atomic E-state index is 0.275. The summed E-state index contributed by atoms with van der Waals surface area (Å²) in [5.74, 6) is 0. The maximum atomic E-state index is 5.40. The normalized spacial score (nSPS) is 10.9. The zero-order chi connectivity index (χ0) is 8.27. The van der Waals surface area contributed by atoms with E-state index < -0.39 is 0 Å². The largest absolute Gasteiger partial charge is 0.373 e. The first-order chi connectivity index (χ1) is 5.20. The maximum Gasteiger partial charge on any atom is 0.0847 e. The van der Waals surface area contributed by atoms with Gasteiger partial charge in [0.1, 0.15) is 0 Å². The van der Waals surface area contributed by atoms with E-state index in [0.29, 0.717) is 6.61 Å². The number of nitrogens with zero attached hydrogens (tertiary/aromatic N) is 2. The molecule has 62 valence electrons. The Balaban J connectivity index is 2.44. The number of ether oxygens (including phenoxy) is 1. The third kappa shape index (κ3) is 2.55. The fraction of sp³-hybridized carbons (Fsp3) is 0.714. The number of hydrogen-bond acceptors (Lipinski definition) is 4. The van der Waals surface area contributed by atoms with Gasteiger partial charge in [0.25, 0.3) is 0 Å². The van der Waals surface area contributed by atoms with Gasteiger partial charge in [0.05, 0.1) is 23.3 Å². The van der Waals surface area contributed by atoms with Crippen molar-refractivity contribution in [2.45, 2.75) is 33.5 Å². The number of rotatable bonds is 3. The van der Waals surface area contributed by atoms with Crippen LogP contribution in [0.15, 0.2) is 0 Å². The van der Waals surface area contributed by atoms with E-state index in [1.165, 1.54) is 11.5 Å². The summed E-state index contributed by atoms with van der Waals surface area (Å²) in [5.41, 5.74) is 0.982. The lowest BCUT2D eigenvalue weighted by atomic mass is 10.4. The van der Waals surface area contributed by atoms with Gasteiger partial charge in [0.2, 0.25) is 0 Å². The third-order valence-electron chi connectivity index (χ3n) is 1.29. The van der Waals surface area contributed by atoms with E-state index in [-0.39, 0.29) is 6.10 Å². The number of aromatic nitrogens is 2. The summed E-state index contributed by atoms with van der Waals surface area (Å²) in [6, 6.07) is 0. The summed E-state index contributed by atoms with van der Waals surface area (Å²) in [4.78, 5) is 1.12. The lowest BCUT2D eigenvalue weighted by Crippen LogP contribution is -2.01. The van der Waals surface area contributed by atoms with Crippen LogP contribution in [0, 0.1) is 6.92 Å². The Morgan fingerprint density at radius 3 is 2.73 bits per heavy atom. The smallest absolute Gasteiger partial charge is 0.0847 e.